The molecule has 0 aromatic carbocycles. The van der Waals surface area contributed by atoms with Crippen molar-refractivity contribution in [3.8, 4) is 0 Å². The second kappa shape index (κ2) is 4.63. The van der Waals surface area contributed by atoms with Crippen molar-refractivity contribution in [3.63, 3.8) is 0 Å². The van der Waals surface area contributed by atoms with E-state index in [4.69, 9.17) is 0 Å². The third-order valence-electron chi connectivity index (χ3n) is 3.61. The third kappa shape index (κ3) is 2.96. The molecule has 0 spiro atoms. The largest absolute Gasteiger partial charge is 0.319 e. The maximum Gasteiger partial charge on any atom is 0.0116 e. The number of nitrogens with zero attached hydrogens (tertiary/aromatic N) is 1. The van der Waals surface area contributed by atoms with Crippen molar-refractivity contribution in [2.45, 2.75) is 40.2 Å². The molecule has 0 radical (unpaired) electrons. The van der Waals surface area contributed by atoms with Gasteiger partial charge in [0.15, 0.2) is 0 Å². The van der Waals surface area contributed by atoms with E-state index < -0.39 is 0 Å². The summed E-state index contributed by atoms with van der Waals surface area (Å²) >= 11 is 0. The Morgan fingerprint density at radius 1 is 1.43 bits per heavy atom. The van der Waals surface area contributed by atoms with Crippen molar-refractivity contribution in [3.05, 3.63) is 0 Å². The van der Waals surface area contributed by atoms with Crippen molar-refractivity contribution in [1.82, 2.24) is 10.2 Å². The first-order valence-corrected chi connectivity index (χ1v) is 5.83. The van der Waals surface area contributed by atoms with Gasteiger partial charge in [0.25, 0.3) is 0 Å². The molecule has 2 nitrogen and oxygen atoms in total. The lowest BCUT2D eigenvalue weighted by molar-refractivity contribution is 0.135. The van der Waals surface area contributed by atoms with Gasteiger partial charge < -0.3 is 5.32 Å². The summed E-state index contributed by atoms with van der Waals surface area (Å²) in [5, 5.41) is 3.28. The molecule has 0 aliphatic carbocycles. The van der Waals surface area contributed by atoms with E-state index in [-0.39, 0.29) is 0 Å². The molecule has 1 rings (SSSR count). The Bertz CT molecular complexity index is 172. The molecular weight excluding hydrogens is 172 g/mol. The molecule has 84 valence electrons. The highest BCUT2D eigenvalue weighted by molar-refractivity contribution is 4.85. The highest BCUT2D eigenvalue weighted by atomic mass is 15.2. The molecule has 1 aliphatic heterocycles. The fraction of sp³-hybridized carbons (Fsp3) is 1.00. The Balaban J connectivity index is 2.41. The van der Waals surface area contributed by atoms with Gasteiger partial charge in [0.1, 0.15) is 0 Å². The molecule has 1 aliphatic rings. The Hall–Kier alpha value is -0.0800. The van der Waals surface area contributed by atoms with Crippen LogP contribution in [0.5, 0.6) is 0 Å². The number of likely N-dealkylation sites (tertiary alicyclic amines) is 1. The Morgan fingerprint density at radius 2 is 2.07 bits per heavy atom. The summed E-state index contributed by atoms with van der Waals surface area (Å²) in [4.78, 5) is 2.64. The van der Waals surface area contributed by atoms with E-state index >= 15 is 0 Å². The molecular formula is C12H26N2. The van der Waals surface area contributed by atoms with Crippen LogP contribution < -0.4 is 5.32 Å². The lowest BCUT2D eigenvalue weighted by Gasteiger charge is -2.35. The van der Waals surface area contributed by atoms with Gasteiger partial charge in [-0.25, -0.2) is 0 Å². The number of nitrogens with one attached hydrogen (secondary N) is 1. The zero-order valence-electron chi connectivity index (χ0n) is 10.4. The topological polar surface area (TPSA) is 15.3 Å². The SMILES string of the molecule is CNCC1CCN(C(C)C(C)(C)C)C1. The van der Waals surface area contributed by atoms with E-state index in [0.29, 0.717) is 11.5 Å². The average Bonchev–Trinajstić information content (AvgIpc) is 2.50. The molecule has 0 aromatic heterocycles. The standard InChI is InChI=1S/C12H26N2/c1-10(12(2,3)4)14-7-6-11(9-14)8-13-5/h10-11,13H,6-9H2,1-5H3. The van der Waals surface area contributed by atoms with Gasteiger partial charge in [0, 0.05) is 12.6 Å². The van der Waals surface area contributed by atoms with Crippen LogP contribution in [0.1, 0.15) is 34.1 Å². The Kier molecular flexibility index (Phi) is 3.96. The van der Waals surface area contributed by atoms with Gasteiger partial charge in [-0.15, -0.1) is 0 Å². The maximum atomic E-state index is 3.28. The van der Waals surface area contributed by atoms with Crippen molar-refractivity contribution >= 4 is 0 Å². The van der Waals surface area contributed by atoms with Gasteiger partial charge in [-0.3, -0.25) is 4.90 Å². The van der Waals surface area contributed by atoms with Gasteiger partial charge in [0.05, 0.1) is 0 Å². The summed E-state index contributed by atoms with van der Waals surface area (Å²) < 4.78 is 0. The van der Waals surface area contributed by atoms with Crippen LogP contribution in [0, 0.1) is 11.3 Å². The average molecular weight is 198 g/mol. The van der Waals surface area contributed by atoms with E-state index in [0.717, 1.165) is 5.92 Å². The van der Waals surface area contributed by atoms with E-state index in [1.54, 1.807) is 0 Å². The molecule has 0 amide bonds. The van der Waals surface area contributed by atoms with Crippen molar-refractivity contribution in [1.29, 1.82) is 0 Å². The summed E-state index contributed by atoms with van der Waals surface area (Å²) in [5.41, 5.74) is 0.411. The van der Waals surface area contributed by atoms with Crippen LogP contribution in [0.15, 0.2) is 0 Å². The van der Waals surface area contributed by atoms with Gasteiger partial charge in [-0.2, -0.15) is 0 Å². The first-order chi connectivity index (χ1) is 6.45. The quantitative estimate of drug-likeness (QED) is 0.746. The van der Waals surface area contributed by atoms with Gasteiger partial charge >= 0.3 is 0 Å². The predicted molar refractivity (Wildman–Crippen MR) is 62.5 cm³/mol. The third-order valence-corrected chi connectivity index (χ3v) is 3.61. The van der Waals surface area contributed by atoms with Crippen LogP contribution in [0.25, 0.3) is 0 Å². The fourth-order valence-corrected chi connectivity index (χ4v) is 2.22. The maximum absolute atomic E-state index is 3.28. The molecule has 1 saturated heterocycles. The van der Waals surface area contributed by atoms with Crippen molar-refractivity contribution in [2.24, 2.45) is 11.3 Å². The monoisotopic (exact) mass is 198 g/mol. The predicted octanol–water partition coefficient (Wildman–Crippen LogP) is 1.96. The molecule has 2 atom stereocenters. The smallest absolute Gasteiger partial charge is 0.0116 e. The van der Waals surface area contributed by atoms with Crippen LogP contribution in [-0.4, -0.2) is 37.6 Å². The van der Waals surface area contributed by atoms with Crippen molar-refractivity contribution < 1.29 is 0 Å². The molecule has 0 aromatic rings. The minimum Gasteiger partial charge on any atom is -0.319 e. The van der Waals surface area contributed by atoms with Crippen molar-refractivity contribution in [2.75, 3.05) is 26.7 Å². The van der Waals surface area contributed by atoms with E-state index in [2.05, 4.69) is 45.0 Å². The van der Waals surface area contributed by atoms with Gasteiger partial charge in [-0.1, -0.05) is 20.8 Å². The van der Waals surface area contributed by atoms with E-state index in [9.17, 15) is 0 Å². The molecule has 1 fully saturated rings. The van der Waals surface area contributed by atoms with Crippen LogP contribution in [0.4, 0.5) is 0 Å². The zero-order valence-corrected chi connectivity index (χ0v) is 10.4. The molecule has 1 N–H and O–H groups in total. The van der Waals surface area contributed by atoms with Gasteiger partial charge in [0.2, 0.25) is 0 Å². The lowest BCUT2D eigenvalue weighted by Crippen LogP contribution is -2.40. The normalized spacial score (nSPS) is 26.8. The van der Waals surface area contributed by atoms with Crippen LogP contribution >= 0.6 is 0 Å². The lowest BCUT2D eigenvalue weighted by atomic mass is 9.87. The molecule has 2 unspecified atom stereocenters. The molecule has 2 heteroatoms. The molecule has 0 bridgehead atoms. The minimum atomic E-state index is 0.411. The first kappa shape index (κ1) is 12.0. The number of hydrogen-bond donors (Lipinski definition) is 1. The fourth-order valence-electron chi connectivity index (χ4n) is 2.22. The second-order valence-electron chi connectivity index (χ2n) is 5.75. The van der Waals surface area contributed by atoms with Crippen LogP contribution in [0.3, 0.4) is 0 Å². The zero-order chi connectivity index (χ0) is 10.8. The summed E-state index contributed by atoms with van der Waals surface area (Å²) in [5.74, 6) is 0.866. The molecule has 0 saturated carbocycles. The van der Waals surface area contributed by atoms with E-state index in [1.807, 2.05) is 0 Å². The minimum absolute atomic E-state index is 0.411. The van der Waals surface area contributed by atoms with Crippen LogP contribution in [-0.2, 0) is 0 Å². The number of hydrogen-bond acceptors (Lipinski definition) is 2. The summed E-state index contributed by atoms with van der Waals surface area (Å²) in [6, 6.07) is 0.698. The van der Waals surface area contributed by atoms with E-state index in [1.165, 1.54) is 26.1 Å². The summed E-state index contributed by atoms with van der Waals surface area (Å²) in [6.07, 6.45) is 1.36. The summed E-state index contributed by atoms with van der Waals surface area (Å²) in [6.45, 7) is 13.1. The number of rotatable bonds is 3. The Labute approximate surface area is 89.1 Å². The van der Waals surface area contributed by atoms with Crippen LogP contribution in [0.2, 0.25) is 0 Å². The molecule has 14 heavy (non-hydrogen) atoms. The first-order valence-electron chi connectivity index (χ1n) is 5.83. The second-order valence-corrected chi connectivity index (χ2v) is 5.75. The summed E-state index contributed by atoms with van der Waals surface area (Å²) in [7, 11) is 2.05. The Morgan fingerprint density at radius 3 is 2.57 bits per heavy atom. The highest BCUT2D eigenvalue weighted by Crippen LogP contribution is 2.28. The highest BCUT2D eigenvalue weighted by Gasteiger charge is 2.31. The molecule has 1 heterocycles. The van der Waals surface area contributed by atoms with Gasteiger partial charge in [-0.05, 0) is 44.8 Å².